The molecule has 2 aromatic carbocycles. The Hall–Kier alpha value is -2.65. The van der Waals surface area contributed by atoms with Crippen LogP contribution in [0, 0.1) is 5.92 Å². The Morgan fingerprint density at radius 3 is 2.65 bits per heavy atom. The number of hydrogen-bond donors (Lipinski definition) is 2. The molecule has 0 spiro atoms. The minimum atomic E-state index is -3.60. The van der Waals surface area contributed by atoms with Gasteiger partial charge in [-0.15, -0.1) is 0 Å². The summed E-state index contributed by atoms with van der Waals surface area (Å²) in [6, 6.07) is 10.7. The predicted molar refractivity (Wildman–Crippen MR) is 145 cm³/mol. The minimum absolute atomic E-state index is 0.0948. The van der Waals surface area contributed by atoms with Crippen LogP contribution >= 0.6 is 0 Å². The van der Waals surface area contributed by atoms with Crippen molar-refractivity contribution in [1.82, 2.24) is 9.62 Å². The Balaban J connectivity index is 1.40. The van der Waals surface area contributed by atoms with Crippen molar-refractivity contribution in [3.8, 4) is 0 Å². The third kappa shape index (κ3) is 7.02. The van der Waals surface area contributed by atoms with Crippen LogP contribution in [0.1, 0.15) is 72.1 Å². The lowest BCUT2D eigenvalue weighted by Gasteiger charge is -2.33. The third-order valence-corrected chi connectivity index (χ3v) is 9.08. The largest absolute Gasteiger partial charge is 0.444 e. The van der Waals surface area contributed by atoms with Crippen molar-refractivity contribution in [3.05, 3.63) is 36.4 Å². The Bertz CT molecular complexity index is 1240. The normalized spacial score (nSPS) is 20.7. The first-order valence-electron chi connectivity index (χ1n) is 13.3. The van der Waals surface area contributed by atoms with E-state index in [-0.39, 0.29) is 18.4 Å². The summed E-state index contributed by atoms with van der Waals surface area (Å²) < 4.78 is 34.2. The first-order chi connectivity index (χ1) is 17.5. The maximum Gasteiger partial charge on any atom is 0.407 e. The maximum absolute atomic E-state index is 13.6. The molecule has 2 atom stereocenters. The van der Waals surface area contributed by atoms with Crippen LogP contribution < -0.4 is 10.6 Å². The molecule has 1 saturated heterocycles. The molecule has 2 bridgehead atoms. The van der Waals surface area contributed by atoms with Crippen molar-refractivity contribution in [2.75, 3.05) is 18.4 Å². The van der Waals surface area contributed by atoms with Gasteiger partial charge in [-0.2, -0.15) is 4.31 Å². The number of ether oxygens (including phenoxy) is 1. The van der Waals surface area contributed by atoms with Crippen molar-refractivity contribution >= 4 is 38.5 Å². The first kappa shape index (κ1) is 27.4. The molecule has 2 aliphatic rings. The molecule has 0 aromatic heterocycles. The monoisotopic (exact) mass is 529 g/mol. The van der Waals surface area contributed by atoms with Gasteiger partial charge in [-0.1, -0.05) is 31.0 Å². The van der Waals surface area contributed by atoms with E-state index in [4.69, 9.17) is 4.74 Å². The lowest BCUT2D eigenvalue weighted by atomic mass is 9.84. The smallest absolute Gasteiger partial charge is 0.407 e. The van der Waals surface area contributed by atoms with Gasteiger partial charge >= 0.3 is 6.09 Å². The number of rotatable bonds is 7. The van der Waals surface area contributed by atoms with Crippen molar-refractivity contribution < 1.29 is 22.7 Å². The van der Waals surface area contributed by atoms with Gasteiger partial charge in [0.1, 0.15) is 5.60 Å². The number of fused-ring (bicyclic) bond motifs is 3. The second-order valence-electron chi connectivity index (χ2n) is 11.2. The summed E-state index contributed by atoms with van der Waals surface area (Å²) in [6.45, 7) is 6.30. The molecule has 2 amide bonds. The fourth-order valence-corrected chi connectivity index (χ4v) is 7.19. The SMILES string of the molecule is CC(C)(C)OC(=O)NCCCC(=O)Nc1cccc2cc(S(=O)(=O)N3CCCC4CCCC3C4)ccc12. The van der Waals surface area contributed by atoms with Crippen LogP contribution in [0.3, 0.4) is 0 Å². The lowest BCUT2D eigenvalue weighted by molar-refractivity contribution is -0.116. The fraction of sp³-hybridized carbons (Fsp3) is 0.571. The van der Waals surface area contributed by atoms with Crippen LogP contribution in [-0.4, -0.2) is 49.5 Å². The van der Waals surface area contributed by atoms with E-state index in [1.54, 1.807) is 43.3 Å². The number of nitrogens with one attached hydrogen (secondary N) is 2. The number of amides is 2. The molecule has 1 aliphatic heterocycles. The molecule has 9 heteroatoms. The van der Waals surface area contributed by atoms with Crippen molar-refractivity contribution in [1.29, 1.82) is 0 Å². The molecule has 0 radical (unpaired) electrons. The summed E-state index contributed by atoms with van der Waals surface area (Å²) in [5.74, 6) is 0.474. The number of alkyl carbamates (subject to hydrolysis) is 1. The zero-order chi connectivity index (χ0) is 26.6. The second kappa shape index (κ2) is 11.4. The summed E-state index contributed by atoms with van der Waals surface area (Å²) >= 11 is 0. The molecule has 202 valence electrons. The third-order valence-electron chi connectivity index (χ3n) is 7.13. The van der Waals surface area contributed by atoms with E-state index in [0.717, 1.165) is 42.9 Å². The van der Waals surface area contributed by atoms with Gasteiger partial charge < -0.3 is 15.4 Å². The highest BCUT2D eigenvalue weighted by molar-refractivity contribution is 7.89. The summed E-state index contributed by atoms with van der Waals surface area (Å²) in [5, 5.41) is 7.13. The Labute approximate surface area is 220 Å². The molecular formula is C28H39N3O5S. The quantitative estimate of drug-likeness (QED) is 0.466. The van der Waals surface area contributed by atoms with Crippen LogP contribution in [0.5, 0.6) is 0 Å². The molecule has 1 heterocycles. The molecule has 1 saturated carbocycles. The highest BCUT2D eigenvalue weighted by Crippen LogP contribution is 2.37. The Morgan fingerprint density at radius 2 is 1.86 bits per heavy atom. The second-order valence-corrected chi connectivity index (χ2v) is 13.1. The van der Waals surface area contributed by atoms with E-state index in [1.807, 2.05) is 18.2 Å². The molecule has 37 heavy (non-hydrogen) atoms. The number of sulfonamides is 1. The zero-order valence-corrected chi connectivity index (χ0v) is 22.9. The maximum atomic E-state index is 13.6. The molecule has 2 N–H and O–H groups in total. The summed E-state index contributed by atoms with van der Waals surface area (Å²) in [7, 11) is -3.60. The lowest BCUT2D eigenvalue weighted by Crippen LogP contribution is -2.41. The number of nitrogens with zero attached hydrogens (tertiary/aromatic N) is 1. The van der Waals surface area contributed by atoms with E-state index >= 15 is 0 Å². The average Bonchev–Trinajstić information content (AvgIpc) is 2.98. The number of anilines is 1. The van der Waals surface area contributed by atoms with Gasteiger partial charge in [0.2, 0.25) is 15.9 Å². The molecule has 4 rings (SSSR count). The zero-order valence-electron chi connectivity index (χ0n) is 22.1. The van der Waals surface area contributed by atoms with Gasteiger partial charge in [0.05, 0.1) is 4.90 Å². The fourth-order valence-electron chi connectivity index (χ4n) is 5.45. The van der Waals surface area contributed by atoms with E-state index in [1.165, 1.54) is 6.42 Å². The van der Waals surface area contributed by atoms with E-state index in [2.05, 4.69) is 10.6 Å². The minimum Gasteiger partial charge on any atom is -0.444 e. The van der Waals surface area contributed by atoms with Crippen LogP contribution in [0.4, 0.5) is 10.5 Å². The highest BCUT2D eigenvalue weighted by Gasteiger charge is 2.36. The number of carbonyl (C=O) groups is 2. The standard InChI is InChI=1S/C28H39N3O5S/c1-28(2,3)36-27(33)29-16-6-13-26(32)30-25-12-5-10-21-19-23(14-15-24(21)25)37(34,35)31-17-7-9-20-8-4-11-22(31)18-20/h5,10,12,14-15,19-20,22H,4,6-9,11,13,16-18H2,1-3H3,(H,29,33)(H,30,32). The van der Waals surface area contributed by atoms with Crippen LogP contribution in [0.2, 0.25) is 0 Å². The van der Waals surface area contributed by atoms with Crippen LogP contribution in [0.15, 0.2) is 41.3 Å². The highest BCUT2D eigenvalue weighted by atomic mass is 32.2. The first-order valence-corrected chi connectivity index (χ1v) is 14.8. The van der Waals surface area contributed by atoms with Gasteiger partial charge in [0, 0.05) is 36.6 Å². The molecule has 2 unspecified atom stereocenters. The number of benzene rings is 2. The van der Waals surface area contributed by atoms with Gasteiger partial charge in [-0.05, 0) is 82.4 Å². The van der Waals surface area contributed by atoms with E-state index in [9.17, 15) is 18.0 Å². The Kier molecular flexibility index (Phi) is 8.43. The molecule has 1 aliphatic carbocycles. The molecule has 2 fully saturated rings. The summed E-state index contributed by atoms with van der Waals surface area (Å²) in [5.41, 5.74) is 0.0672. The number of hydrogen-bond acceptors (Lipinski definition) is 5. The van der Waals surface area contributed by atoms with Crippen molar-refractivity contribution in [2.45, 2.75) is 88.7 Å². The van der Waals surface area contributed by atoms with Gasteiger partial charge in [0.15, 0.2) is 0 Å². The van der Waals surface area contributed by atoms with Gasteiger partial charge in [-0.3, -0.25) is 4.79 Å². The summed E-state index contributed by atoms with van der Waals surface area (Å²) in [6.07, 6.45) is 6.44. The van der Waals surface area contributed by atoms with E-state index in [0.29, 0.717) is 36.0 Å². The van der Waals surface area contributed by atoms with Gasteiger partial charge in [-0.25, -0.2) is 13.2 Å². The molecule has 2 aromatic rings. The van der Waals surface area contributed by atoms with Gasteiger partial charge in [0.25, 0.3) is 0 Å². The predicted octanol–water partition coefficient (Wildman–Crippen LogP) is 5.43. The Morgan fingerprint density at radius 1 is 1.08 bits per heavy atom. The number of carbonyl (C=O) groups excluding carboxylic acids is 2. The topological polar surface area (TPSA) is 105 Å². The molecular weight excluding hydrogens is 490 g/mol. The van der Waals surface area contributed by atoms with E-state index < -0.39 is 21.7 Å². The summed E-state index contributed by atoms with van der Waals surface area (Å²) in [4.78, 5) is 24.6. The molecule has 8 nitrogen and oxygen atoms in total. The van der Waals surface area contributed by atoms with Crippen molar-refractivity contribution in [3.63, 3.8) is 0 Å². The average molecular weight is 530 g/mol. The van der Waals surface area contributed by atoms with Crippen LogP contribution in [0.25, 0.3) is 10.8 Å². The van der Waals surface area contributed by atoms with Crippen molar-refractivity contribution in [2.24, 2.45) is 5.92 Å². The van der Waals surface area contributed by atoms with Crippen LogP contribution in [-0.2, 0) is 19.6 Å².